The molecule has 0 atom stereocenters. The molecule has 0 unspecified atom stereocenters. The lowest BCUT2D eigenvalue weighted by atomic mass is 10.1. The summed E-state index contributed by atoms with van der Waals surface area (Å²) in [6.45, 7) is 6.08. The van der Waals surface area contributed by atoms with Gasteiger partial charge in [0.05, 0.1) is 4.90 Å². The van der Waals surface area contributed by atoms with Crippen LogP contribution in [0, 0.1) is 5.92 Å². The molecule has 1 aliphatic heterocycles. The number of hydrogen-bond acceptors (Lipinski definition) is 3. The molecule has 0 aromatic heterocycles. The summed E-state index contributed by atoms with van der Waals surface area (Å²) < 4.78 is 27.1. The molecular formula is C20H30N2O3S. The predicted molar refractivity (Wildman–Crippen MR) is 105 cm³/mol. The number of hydrogen-bond donors (Lipinski definition) is 1. The largest absolute Gasteiger partial charge is 0.353 e. The van der Waals surface area contributed by atoms with Crippen LogP contribution in [0.4, 0.5) is 0 Å². The van der Waals surface area contributed by atoms with Gasteiger partial charge in [0.25, 0.3) is 0 Å². The molecule has 1 saturated heterocycles. The molecule has 1 aromatic rings. The monoisotopic (exact) mass is 378 g/mol. The van der Waals surface area contributed by atoms with Crippen LogP contribution >= 0.6 is 0 Å². The lowest BCUT2D eigenvalue weighted by Crippen LogP contribution is -2.31. The Kier molecular flexibility index (Phi) is 7.85. The molecule has 0 spiro atoms. The van der Waals surface area contributed by atoms with E-state index in [2.05, 4.69) is 19.2 Å². The van der Waals surface area contributed by atoms with Crippen LogP contribution in [-0.2, 0) is 14.8 Å². The van der Waals surface area contributed by atoms with Gasteiger partial charge in [-0.1, -0.05) is 38.8 Å². The fourth-order valence-corrected chi connectivity index (χ4v) is 4.41. The molecule has 1 fully saturated rings. The van der Waals surface area contributed by atoms with Gasteiger partial charge < -0.3 is 5.32 Å². The van der Waals surface area contributed by atoms with E-state index >= 15 is 0 Å². The van der Waals surface area contributed by atoms with E-state index in [0.29, 0.717) is 30.4 Å². The van der Waals surface area contributed by atoms with Crippen molar-refractivity contribution in [3.63, 3.8) is 0 Å². The van der Waals surface area contributed by atoms with Crippen molar-refractivity contribution in [1.29, 1.82) is 0 Å². The van der Waals surface area contributed by atoms with Crippen LogP contribution in [0.1, 0.15) is 51.5 Å². The van der Waals surface area contributed by atoms with Crippen LogP contribution in [0.25, 0.3) is 6.08 Å². The number of rotatable bonds is 7. The summed E-state index contributed by atoms with van der Waals surface area (Å²) in [7, 11) is -3.42. The summed E-state index contributed by atoms with van der Waals surface area (Å²) in [4.78, 5) is 12.1. The minimum atomic E-state index is -3.42. The molecule has 2 rings (SSSR count). The first-order chi connectivity index (χ1) is 12.4. The summed E-state index contributed by atoms with van der Waals surface area (Å²) in [6.07, 6.45) is 8.16. The lowest BCUT2D eigenvalue weighted by molar-refractivity contribution is -0.116. The molecule has 1 heterocycles. The van der Waals surface area contributed by atoms with Gasteiger partial charge in [0, 0.05) is 25.7 Å². The van der Waals surface area contributed by atoms with E-state index in [4.69, 9.17) is 0 Å². The normalized spacial score (nSPS) is 16.7. The second-order valence-electron chi connectivity index (χ2n) is 7.19. The van der Waals surface area contributed by atoms with E-state index in [-0.39, 0.29) is 5.91 Å². The van der Waals surface area contributed by atoms with Crippen LogP contribution in [0.15, 0.2) is 35.2 Å². The fourth-order valence-electron chi connectivity index (χ4n) is 2.90. The van der Waals surface area contributed by atoms with Gasteiger partial charge in [-0.05, 0) is 49.0 Å². The van der Waals surface area contributed by atoms with Crippen LogP contribution in [0.2, 0.25) is 0 Å². The zero-order valence-corrected chi connectivity index (χ0v) is 16.6. The minimum absolute atomic E-state index is 0.132. The Balaban J connectivity index is 1.96. The molecule has 144 valence electrons. The molecule has 1 amide bonds. The first kappa shape index (κ1) is 20.6. The molecule has 5 nitrogen and oxygen atoms in total. The Morgan fingerprint density at radius 1 is 1.12 bits per heavy atom. The molecule has 1 N–H and O–H groups in total. The van der Waals surface area contributed by atoms with Gasteiger partial charge in [-0.3, -0.25) is 4.79 Å². The number of carbonyl (C=O) groups is 1. The topological polar surface area (TPSA) is 66.5 Å². The van der Waals surface area contributed by atoms with Crippen molar-refractivity contribution in [2.45, 2.75) is 50.8 Å². The second-order valence-corrected chi connectivity index (χ2v) is 9.13. The van der Waals surface area contributed by atoms with Crippen molar-refractivity contribution in [2.75, 3.05) is 19.6 Å². The Labute approximate surface area is 157 Å². The van der Waals surface area contributed by atoms with E-state index in [9.17, 15) is 13.2 Å². The summed E-state index contributed by atoms with van der Waals surface area (Å²) in [5.74, 6) is 0.421. The van der Waals surface area contributed by atoms with E-state index < -0.39 is 10.0 Å². The van der Waals surface area contributed by atoms with Crippen LogP contribution in [0.5, 0.6) is 0 Å². The Bertz CT molecular complexity index is 701. The van der Waals surface area contributed by atoms with Gasteiger partial charge in [0.15, 0.2) is 0 Å². The predicted octanol–water partition coefficient (Wildman–Crippen LogP) is 3.43. The van der Waals surface area contributed by atoms with Crippen molar-refractivity contribution in [3.8, 4) is 0 Å². The van der Waals surface area contributed by atoms with Crippen molar-refractivity contribution >= 4 is 22.0 Å². The number of nitrogens with zero attached hydrogens (tertiary/aromatic N) is 1. The molecular weight excluding hydrogens is 348 g/mol. The van der Waals surface area contributed by atoms with Crippen molar-refractivity contribution < 1.29 is 13.2 Å². The average Bonchev–Trinajstić information content (AvgIpc) is 2.90. The molecule has 6 heteroatoms. The number of amides is 1. The maximum absolute atomic E-state index is 12.7. The summed E-state index contributed by atoms with van der Waals surface area (Å²) in [6, 6.07) is 6.72. The first-order valence-corrected chi connectivity index (χ1v) is 10.9. The number of nitrogens with one attached hydrogen (secondary N) is 1. The Hall–Kier alpha value is -1.66. The maximum atomic E-state index is 12.7. The summed E-state index contributed by atoms with van der Waals surface area (Å²) in [5, 5.41) is 2.84. The third kappa shape index (κ3) is 6.25. The standard InChI is InChI=1S/C20H30N2O3S/c1-17(2)13-14-21-20(23)12-9-18-7-10-19(11-8-18)26(24,25)22-15-5-3-4-6-16-22/h7-12,17H,3-6,13-16H2,1-2H3,(H,21,23)/b12-9+. The highest BCUT2D eigenvalue weighted by atomic mass is 32.2. The quantitative estimate of drug-likeness (QED) is 0.739. The SMILES string of the molecule is CC(C)CCNC(=O)/C=C/c1ccc(S(=O)(=O)N2CCCCCC2)cc1. The molecule has 0 bridgehead atoms. The molecule has 0 aliphatic carbocycles. The first-order valence-electron chi connectivity index (χ1n) is 9.46. The van der Waals surface area contributed by atoms with Crippen molar-refractivity contribution in [1.82, 2.24) is 9.62 Å². The van der Waals surface area contributed by atoms with Crippen molar-refractivity contribution in [2.24, 2.45) is 5.92 Å². The van der Waals surface area contributed by atoms with Gasteiger partial charge in [-0.25, -0.2) is 8.42 Å². The van der Waals surface area contributed by atoms with E-state index in [1.807, 2.05) is 0 Å². The summed E-state index contributed by atoms with van der Waals surface area (Å²) in [5.41, 5.74) is 0.804. The Morgan fingerprint density at radius 3 is 2.31 bits per heavy atom. The second kappa shape index (κ2) is 9.88. The number of sulfonamides is 1. The van der Waals surface area contributed by atoms with Gasteiger partial charge in [-0.2, -0.15) is 4.31 Å². The average molecular weight is 379 g/mol. The molecule has 26 heavy (non-hydrogen) atoms. The highest BCUT2D eigenvalue weighted by Crippen LogP contribution is 2.20. The Morgan fingerprint density at radius 2 is 1.73 bits per heavy atom. The zero-order valence-electron chi connectivity index (χ0n) is 15.8. The van der Waals surface area contributed by atoms with Gasteiger partial charge in [0.2, 0.25) is 15.9 Å². The molecule has 1 aromatic carbocycles. The molecule has 1 aliphatic rings. The van der Waals surface area contributed by atoms with E-state index in [1.165, 1.54) is 6.08 Å². The highest BCUT2D eigenvalue weighted by Gasteiger charge is 2.24. The zero-order chi connectivity index (χ0) is 19.0. The number of benzene rings is 1. The van der Waals surface area contributed by atoms with Gasteiger partial charge in [-0.15, -0.1) is 0 Å². The van der Waals surface area contributed by atoms with Crippen LogP contribution in [-0.4, -0.2) is 38.3 Å². The maximum Gasteiger partial charge on any atom is 0.243 e. The summed E-state index contributed by atoms with van der Waals surface area (Å²) >= 11 is 0. The van der Waals surface area contributed by atoms with E-state index in [1.54, 1.807) is 34.6 Å². The lowest BCUT2D eigenvalue weighted by Gasteiger charge is -2.19. The van der Waals surface area contributed by atoms with Gasteiger partial charge >= 0.3 is 0 Å². The van der Waals surface area contributed by atoms with Crippen molar-refractivity contribution in [3.05, 3.63) is 35.9 Å². The van der Waals surface area contributed by atoms with Gasteiger partial charge in [0.1, 0.15) is 0 Å². The third-order valence-corrected chi connectivity index (χ3v) is 6.44. The van der Waals surface area contributed by atoms with Crippen LogP contribution in [0.3, 0.4) is 0 Å². The highest BCUT2D eigenvalue weighted by molar-refractivity contribution is 7.89. The fraction of sp³-hybridized carbons (Fsp3) is 0.550. The third-order valence-electron chi connectivity index (χ3n) is 4.53. The van der Waals surface area contributed by atoms with E-state index in [0.717, 1.165) is 37.7 Å². The minimum Gasteiger partial charge on any atom is -0.353 e. The molecule has 0 saturated carbocycles. The smallest absolute Gasteiger partial charge is 0.243 e. The van der Waals surface area contributed by atoms with Crippen LogP contribution < -0.4 is 5.32 Å². The molecule has 0 radical (unpaired) electrons. The number of carbonyl (C=O) groups excluding carboxylic acids is 1.